The molecule has 1 N–H and O–H groups in total. The van der Waals surface area contributed by atoms with E-state index in [1.807, 2.05) is 0 Å². The Morgan fingerprint density at radius 2 is 2.42 bits per heavy atom. The number of nitrogens with one attached hydrogen (secondary N) is 1. The molecule has 0 aliphatic rings. The van der Waals surface area contributed by atoms with Crippen molar-refractivity contribution in [1.82, 2.24) is 9.97 Å². The van der Waals surface area contributed by atoms with Gasteiger partial charge in [-0.25, -0.2) is 4.98 Å². The summed E-state index contributed by atoms with van der Waals surface area (Å²) in [5.41, 5.74) is 0. The number of aromatic amines is 1. The highest BCUT2D eigenvalue weighted by Crippen LogP contribution is 1.88. The standard InChI is InChI=1S/C9H14N2S/c1-3-4-8-9(5-6-12-2)11-7-10-8/h4-5,7H,3,6H2,1-2H3,(H,10,11)/b8-4+,9-5+. The molecule has 0 fully saturated rings. The zero-order chi connectivity index (χ0) is 8.81. The van der Waals surface area contributed by atoms with E-state index in [2.05, 4.69) is 35.3 Å². The number of hydrogen-bond donors (Lipinski definition) is 1. The Bertz CT molecular complexity index is 327. The number of hydrogen-bond acceptors (Lipinski definition) is 2. The fourth-order valence-electron chi connectivity index (χ4n) is 1.01. The number of thioether (sulfide) groups is 1. The van der Waals surface area contributed by atoms with Crippen molar-refractivity contribution in [3.63, 3.8) is 0 Å². The first-order valence-corrected chi connectivity index (χ1v) is 5.46. The van der Waals surface area contributed by atoms with Gasteiger partial charge in [-0.3, -0.25) is 0 Å². The van der Waals surface area contributed by atoms with Gasteiger partial charge in [0.25, 0.3) is 0 Å². The normalized spacial score (nSPS) is 14.2. The Kier molecular flexibility index (Phi) is 3.94. The molecule has 1 heterocycles. The van der Waals surface area contributed by atoms with Gasteiger partial charge in [0, 0.05) is 5.75 Å². The van der Waals surface area contributed by atoms with Crippen LogP contribution in [0.4, 0.5) is 0 Å². The summed E-state index contributed by atoms with van der Waals surface area (Å²) >= 11 is 1.80. The summed E-state index contributed by atoms with van der Waals surface area (Å²) in [5.74, 6) is 1.02. The van der Waals surface area contributed by atoms with E-state index >= 15 is 0 Å². The maximum atomic E-state index is 4.22. The number of aromatic nitrogens is 2. The summed E-state index contributed by atoms with van der Waals surface area (Å²) in [6.45, 7) is 2.12. The van der Waals surface area contributed by atoms with Crippen LogP contribution in [0.1, 0.15) is 13.3 Å². The third kappa shape index (κ3) is 2.41. The SMILES string of the molecule is CC/C=c1/[nH]cn/c1=C/CSC. The zero-order valence-corrected chi connectivity index (χ0v) is 8.32. The summed E-state index contributed by atoms with van der Waals surface area (Å²) in [6, 6.07) is 0. The number of H-pyrrole nitrogens is 1. The van der Waals surface area contributed by atoms with Crippen molar-refractivity contribution in [3.05, 3.63) is 17.0 Å². The maximum absolute atomic E-state index is 4.22. The van der Waals surface area contributed by atoms with Gasteiger partial charge in [0.05, 0.1) is 17.0 Å². The predicted molar refractivity (Wildman–Crippen MR) is 55.4 cm³/mol. The van der Waals surface area contributed by atoms with Crippen LogP contribution < -0.4 is 10.7 Å². The molecule has 0 atom stereocenters. The van der Waals surface area contributed by atoms with Gasteiger partial charge in [-0.05, 0) is 18.8 Å². The van der Waals surface area contributed by atoms with E-state index < -0.39 is 0 Å². The van der Waals surface area contributed by atoms with Crippen molar-refractivity contribution in [2.45, 2.75) is 13.3 Å². The van der Waals surface area contributed by atoms with Crippen LogP contribution in [0, 0.1) is 0 Å². The van der Waals surface area contributed by atoms with Crippen LogP contribution in [-0.2, 0) is 0 Å². The molecular weight excluding hydrogens is 168 g/mol. The zero-order valence-electron chi connectivity index (χ0n) is 7.50. The Morgan fingerprint density at radius 3 is 3.08 bits per heavy atom. The number of nitrogens with zero attached hydrogens (tertiary/aromatic N) is 1. The molecule has 1 aromatic heterocycles. The lowest BCUT2D eigenvalue weighted by atomic mass is 10.4. The van der Waals surface area contributed by atoms with E-state index in [-0.39, 0.29) is 0 Å². The van der Waals surface area contributed by atoms with Gasteiger partial charge in [0.15, 0.2) is 0 Å². The molecule has 0 unspecified atom stereocenters. The first kappa shape index (κ1) is 9.39. The third-order valence-electron chi connectivity index (χ3n) is 1.55. The van der Waals surface area contributed by atoms with Crippen LogP contribution in [0.3, 0.4) is 0 Å². The monoisotopic (exact) mass is 182 g/mol. The van der Waals surface area contributed by atoms with E-state index in [1.54, 1.807) is 18.1 Å². The summed E-state index contributed by atoms with van der Waals surface area (Å²) in [5, 5.41) is 2.22. The average Bonchev–Trinajstić information content (AvgIpc) is 2.50. The smallest absolute Gasteiger partial charge is 0.0931 e. The highest BCUT2D eigenvalue weighted by molar-refractivity contribution is 7.98. The summed E-state index contributed by atoms with van der Waals surface area (Å²) < 4.78 is 0. The van der Waals surface area contributed by atoms with Crippen LogP contribution in [0.5, 0.6) is 0 Å². The molecule has 0 aliphatic carbocycles. The highest BCUT2D eigenvalue weighted by Gasteiger charge is 1.85. The van der Waals surface area contributed by atoms with Crippen molar-refractivity contribution >= 4 is 23.9 Å². The molecule has 0 aliphatic heterocycles. The summed E-state index contributed by atoms with van der Waals surface area (Å²) in [4.78, 5) is 7.33. The molecule has 0 amide bonds. The molecule has 0 radical (unpaired) electrons. The lowest BCUT2D eigenvalue weighted by Gasteiger charge is -1.82. The van der Waals surface area contributed by atoms with Crippen molar-refractivity contribution in [2.24, 2.45) is 0 Å². The van der Waals surface area contributed by atoms with Gasteiger partial charge in [-0.2, -0.15) is 11.8 Å². The maximum Gasteiger partial charge on any atom is 0.0931 e. The van der Waals surface area contributed by atoms with E-state index in [4.69, 9.17) is 0 Å². The largest absolute Gasteiger partial charge is 0.345 e. The predicted octanol–water partition coefficient (Wildman–Crippen LogP) is 0.744. The van der Waals surface area contributed by atoms with Gasteiger partial charge in [-0.1, -0.05) is 13.0 Å². The molecule has 2 nitrogen and oxygen atoms in total. The summed E-state index contributed by atoms with van der Waals surface area (Å²) in [6.07, 6.45) is 9.17. The Morgan fingerprint density at radius 1 is 1.58 bits per heavy atom. The molecule has 1 aromatic rings. The molecule has 3 heteroatoms. The van der Waals surface area contributed by atoms with Crippen molar-refractivity contribution < 1.29 is 0 Å². The van der Waals surface area contributed by atoms with Gasteiger partial charge < -0.3 is 4.98 Å². The molecule has 0 saturated carbocycles. The van der Waals surface area contributed by atoms with Crippen LogP contribution in [-0.4, -0.2) is 22.0 Å². The van der Waals surface area contributed by atoms with Crippen LogP contribution in [0.2, 0.25) is 0 Å². The van der Waals surface area contributed by atoms with Crippen LogP contribution >= 0.6 is 11.8 Å². The molecule has 0 spiro atoms. The minimum absolute atomic E-state index is 1.02. The fourth-order valence-corrected chi connectivity index (χ4v) is 1.33. The van der Waals surface area contributed by atoms with Crippen molar-refractivity contribution in [2.75, 3.05) is 12.0 Å². The second kappa shape index (κ2) is 5.04. The van der Waals surface area contributed by atoms with Gasteiger partial charge in [-0.15, -0.1) is 0 Å². The van der Waals surface area contributed by atoms with Gasteiger partial charge >= 0.3 is 0 Å². The lowest BCUT2D eigenvalue weighted by molar-refractivity contribution is 1.23. The Hall–Kier alpha value is -0.700. The fraction of sp³-hybridized carbons (Fsp3) is 0.444. The van der Waals surface area contributed by atoms with E-state index in [0.29, 0.717) is 0 Å². The minimum atomic E-state index is 1.02. The minimum Gasteiger partial charge on any atom is -0.345 e. The number of imidazole rings is 1. The van der Waals surface area contributed by atoms with Crippen molar-refractivity contribution in [1.29, 1.82) is 0 Å². The first-order chi connectivity index (χ1) is 5.88. The molecule has 1 rings (SSSR count). The second-order valence-electron chi connectivity index (χ2n) is 2.47. The van der Waals surface area contributed by atoms with Gasteiger partial charge in [0.1, 0.15) is 0 Å². The molecule has 66 valence electrons. The molecule has 12 heavy (non-hydrogen) atoms. The molecular formula is C9H14N2S. The van der Waals surface area contributed by atoms with E-state index in [1.165, 1.54) is 0 Å². The van der Waals surface area contributed by atoms with Crippen LogP contribution in [0.15, 0.2) is 6.33 Å². The average molecular weight is 182 g/mol. The third-order valence-corrected chi connectivity index (χ3v) is 2.05. The van der Waals surface area contributed by atoms with Gasteiger partial charge in [0.2, 0.25) is 0 Å². The topological polar surface area (TPSA) is 28.7 Å². The van der Waals surface area contributed by atoms with Crippen molar-refractivity contribution in [3.8, 4) is 0 Å². The summed E-state index contributed by atoms with van der Waals surface area (Å²) in [7, 11) is 0. The molecule has 0 bridgehead atoms. The van der Waals surface area contributed by atoms with E-state index in [9.17, 15) is 0 Å². The second-order valence-corrected chi connectivity index (χ2v) is 3.38. The quantitative estimate of drug-likeness (QED) is 0.747. The van der Waals surface area contributed by atoms with E-state index in [0.717, 1.165) is 22.9 Å². The number of rotatable bonds is 3. The Labute approximate surface area is 76.8 Å². The molecule has 0 aromatic carbocycles. The lowest BCUT2D eigenvalue weighted by Crippen LogP contribution is -2.24. The molecule has 0 saturated heterocycles. The highest BCUT2D eigenvalue weighted by atomic mass is 32.2. The first-order valence-electron chi connectivity index (χ1n) is 4.07. The Balaban J connectivity index is 2.99. The van der Waals surface area contributed by atoms with Crippen LogP contribution in [0.25, 0.3) is 12.2 Å².